The van der Waals surface area contributed by atoms with Gasteiger partial charge in [-0.3, -0.25) is 0 Å². The lowest BCUT2D eigenvalue weighted by Crippen LogP contribution is -2.24. The van der Waals surface area contributed by atoms with Gasteiger partial charge in [0.25, 0.3) is 0 Å². The van der Waals surface area contributed by atoms with E-state index in [4.69, 9.17) is 0 Å². The summed E-state index contributed by atoms with van der Waals surface area (Å²) in [5, 5.41) is 4.24. The highest BCUT2D eigenvalue weighted by molar-refractivity contribution is 5.57. The molecule has 0 amide bonds. The minimum atomic E-state index is 0.917. The van der Waals surface area contributed by atoms with E-state index in [2.05, 4.69) is 16.7 Å². The highest BCUT2D eigenvalue weighted by atomic mass is 15.3. The van der Waals surface area contributed by atoms with Crippen LogP contribution in [0.3, 0.4) is 0 Å². The lowest BCUT2D eigenvalue weighted by Gasteiger charge is -2.25. The van der Waals surface area contributed by atoms with Gasteiger partial charge in [0.2, 0.25) is 0 Å². The molecule has 2 heteroatoms. The smallest absolute Gasteiger partial charge is 0.0357 e. The van der Waals surface area contributed by atoms with Crippen molar-refractivity contribution in [3.05, 3.63) is 0 Å². The van der Waals surface area contributed by atoms with Crippen LogP contribution in [-0.2, 0) is 0 Å². The van der Waals surface area contributed by atoms with E-state index in [-0.39, 0.29) is 0 Å². The van der Waals surface area contributed by atoms with Crippen LogP contribution in [0.4, 0.5) is 0 Å². The molecule has 2 aliphatic rings. The quantitative estimate of drug-likeness (QED) is 0.510. The van der Waals surface area contributed by atoms with Gasteiger partial charge in [-0.1, -0.05) is 25.7 Å². The van der Waals surface area contributed by atoms with E-state index in [0.717, 1.165) is 18.4 Å². The second kappa shape index (κ2) is 4.64. The maximum absolute atomic E-state index is 4.24. The fourth-order valence-electron chi connectivity index (χ4n) is 1.87. The average molecular weight is 180 g/mol. The van der Waals surface area contributed by atoms with Crippen LogP contribution in [0.15, 0.2) is 5.10 Å². The van der Waals surface area contributed by atoms with E-state index in [1.807, 2.05) is 0 Å². The van der Waals surface area contributed by atoms with Gasteiger partial charge in [0.15, 0.2) is 0 Å². The Balaban J connectivity index is 1.46. The first-order chi connectivity index (χ1) is 6.45. The van der Waals surface area contributed by atoms with Gasteiger partial charge in [-0.15, -0.1) is 0 Å². The van der Waals surface area contributed by atoms with Crippen LogP contribution in [0.2, 0.25) is 0 Å². The zero-order valence-corrected chi connectivity index (χ0v) is 8.34. The summed E-state index contributed by atoms with van der Waals surface area (Å²) in [5.74, 6) is 1.87. The highest BCUT2D eigenvalue weighted by Gasteiger charge is 2.16. The molecule has 2 fully saturated rings. The summed E-state index contributed by atoms with van der Waals surface area (Å²) >= 11 is 0. The number of hydrazone groups is 1. The molecule has 13 heavy (non-hydrogen) atoms. The molecule has 2 saturated carbocycles. The molecule has 74 valence electrons. The van der Waals surface area contributed by atoms with Crippen LogP contribution < -0.4 is 5.43 Å². The highest BCUT2D eigenvalue weighted by Crippen LogP contribution is 2.28. The summed E-state index contributed by atoms with van der Waals surface area (Å²) in [4.78, 5) is 0. The van der Waals surface area contributed by atoms with E-state index in [9.17, 15) is 0 Å². The fourth-order valence-corrected chi connectivity index (χ4v) is 1.87. The van der Waals surface area contributed by atoms with E-state index >= 15 is 0 Å². The number of hydrogen-bond acceptors (Lipinski definition) is 2. The van der Waals surface area contributed by atoms with Gasteiger partial charge in [0.1, 0.15) is 0 Å². The molecule has 0 heterocycles. The van der Waals surface area contributed by atoms with Crippen LogP contribution in [0.5, 0.6) is 0 Å². The number of nitrogens with one attached hydrogen (secondary N) is 1. The van der Waals surface area contributed by atoms with Crippen molar-refractivity contribution in [3.8, 4) is 0 Å². The molecule has 0 bridgehead atoms. The largest absolute Gasteiger partial charge is 0.310 e. The minimum Gasteiger partial charge on any atom is -0.310 e. The van der Waals surface area contributed by atoms with E-state index in [1.54, 1.807) is 0 Å². The van der Waals surface area contributed by atoms with Gasteiger partial charge in [-0.25, -0.2) is 0 Å². The maximum atomic E-state index is 4.24. The third-order valence-electron chi connectivity index (χ3n) is 3.45. The van der Waals surface area contributed by atoms with Crippen molar-refractivity contribution in [2.24, 2.45) is 16.9 Å². The first-order valence-electron chi connectivity index (χ1n) is 5.69. The molecule has 2 rings (SSSR count). The lowest BCUT2D eigenvalue weighted by atomic mass is 9.83. The Morgan fingerprint density at radius 1 is 1.08 bits per heavy atom. The van der Waals surface area contributed by atoms with Crippen molar-refractivity contribution in [1.82, 2.24) is 5.43 Å². The summed E-state index contributed by atoms with van der Waals surface area (Å²) in [6, 6.07) is 0. The molecule has 0 spiro atoms. The summed E-state index contributed by atoms with van der Waals surface area (Å²) < 4.78 is 0. The molecule has 0 aromatic carbocycles. The van der Waals surface area contributed by atoms with Crippen molar-refractivity contribution in [2.45, 2.75) is 44.9 Å². The summed E-state index contributed by atoms with van der Waals surface area (Å²) in [6.45, 7) is 1.10. The zero-order chi connectivity index (χ0) is 8.93. The van der Waals surface area contributed by atoms with Crippen molar-refractivity contribution in [2.75, 3.05) is 6.54 Å². The SMILES string of the molecule is C(/CC1CCC1)=N\NCC1CCC1. The van der Waals surface area contributed by atoms with Gasteiger partial charge in [-0.05, 0) is 31.1 Å². The molecular formula is C11H20N2. The van der Waals surface area contributed by atoms with Crippen molar-refractivity contribution < 1.29 is 0 Å². The Bertz CT molecular complexity index is 169. The van der Waals surface area contributed by atoms with E-state index in [0.29, 0.717) is 0 Å². The lowest BCUT2D eigenvalue weighted by molar-refractivity contribution is 0.303. The Labute approximate surface area is 80.8 Å². The first-order valence-corrected chi connectivity index (χ1v) is 5.69. The topological polar surface area (TPSA) is 24.4 Å². The molecule has 0 radical (unpaired) electrons. The van der Waals surface area contributed by atoms with Crippen LogP contribution in [0, 0.1) is 11.8 Å². The molecule has 1 N–H and O–H groups in total. The second-order valence-electron chi connectivity index (χ2n) is 4.50. The zero-order valence-electron chi connectivity index (χ0n) is 8.34. The summed E-state index contributed by atoms with van der Waals surface area (Å²) in [6.07, 6.45) is 11.8. The van der Waals surface area contributed by atoms with Crippen LogP contribution in [0.25, 0.3) is 0 Å². The monoisotopic (exact) mass is 180 g/mol. The number of nitrogens with zero attached hydrogens (tertiary/aromatic N) is 1. The standard InChI is InChI=1S/C11H20N2/c1-3-10(4-1)7-8-12-13-9-11-5-2-6-11/h8,10-11,13H,1-7,9H2/b12-8+. The van der Waals surface area contributed by atoms with E-state index < -0.39 is 0 Å². The third-order valence-corrected chi connectivity index (χ3v) is 3.45. The first kappa shape index (κ1) is 9.04. The predicted octanol–water partition coefficient (Wildman–Crippen LogP) is 2.55. The summed E-state index contributed by atoms with van der Waals surface area (Å²) in [5.41, 5.74) is 3.16. The van der Waals surface area contributed by atoms with Gasteiger partial charge >= 0.3 is 0 Å². The third kappa shape index (κ3) is 2.71. The molecular weight excluding hydrogens is 160 g/mol. The fraction of sp³-hybridized carbons (Fsp3) is 0.909. The van der Waals surface area contributed by atoms with Crippen molar-refractivity contribution >= 4 is 6.21 Å². The van der Waals surface area contributed by atoms with E-state index in [1.165, 1.54) is 44.9 Å². The Morgan fingerprint density at radius 3 is 2.31 bits per heavy atom. The molecule has 0 unspecified atom stereocenters. The maximum Gasteiger partial charge on any atom is 0.0357 e. The van der Waals surface area contributed by atoms with Crippen molar-refractivity contribution in [1.29, 1.82) is 0 Å². The molecule has 2 nitrogen and oxygen atoms in total. The predicted molar refractivity (Wildman–Crippen MR) is 55.8 cm³/mol. The second-order valence-corrected chi connectivity index (χ2v) is 4.50. The van der Waals surface area contributed by atoms with Gasteiger partial charge in [0, 0.05) is 12.8 Å². The van der Waals surface area contributed by atoms with Crippen LogP contribution in [0.1, 0.15) is 44.9 Å². The Hall–Kier alpha value is -0.530. The Morgan fingerprint density at radius 2 is 1.77 bits per heavy atom. The van der Waals surface area contributed by atoms with Gasteiger partial charge in [0.05, 0.1) is 0 Å². The number of rotatable bonds is 5. The summed E-state index contributed by atoms with van der Waals surface area (Å²) in [7, 11) is 0. The molecule has 0 aromatic rings. The van der Waals surface area contributed by atoms with Crippen LogP contribution >= 0.6 is 0 Å². The molecule has 0 saturated heterocycles. The Kier molecular flexibility index (Phi) is 3.22. The molecule has 0 aromatic heterocycles. The minimum absolute atomic E-state index is 0.917. The average Bonchev–Trinajstić information content (AvgIpc) is 1.96. The van der Waals surface area contributed by atoms with Crippen molar-refractivity contribution in [3.63, 3.8) is 0 Å². The number of hydrogen-bond donors (Lipinski definition) is 1. The van der Waals surface area contributed by atoms with Gasteiger partial charge < -0.3 is 5.43 Å². The van der Waals surface area contributed by atoms with Crippen LogP contribution in [-0.4, -0.2) is 12.8 Å². The normalized spacial score (nSPS) is 24.3. The molecule has 2 aliphatic carbocycles. The molecule has 0 atom stereocenters. The molecule has 0 aliphatic heterocycles. The van der Waals surface area contributed by atoms with Gasteiger partial charge in [-0.2, -0.15) is 5.10 Å².